The van der Waals surface area contributed by atoms with Gasteiger partial charge in [0.1, 0.15) is 0 Å². The van der Waals surface area contributed by atoms with Crippen LogP contribution >= 0.6 is 0 Å². The third-order valence-corrected chi connectivity index (χ3v) is 9.28. The van der Waals surface area contributed by atoms with Gasteiger partial charge in [-0.2, -0.15) is 0 Å². The van der Waals surface area contributed by atoms with E-state index in [1.54, 1.807) is 0 Å². The van der Waals surface area contributed by atoms with Gasteiger partial charge in [-0.15, -0.1) is 0 Å². The summed E-state index contributed by atoms with van der Waals surface area (Å²) in [4.78, 5) is 32.8. The van der Waals surface area contributed by atoms with Crippen molar-refractivity contribution < 1.29 is 14.3 Å². The second-order valence-corrected chi connectivity index (χ2v) is 11.3. The van der Waals surface area contributed by atoms with E-state index in [9.17, 15) is 9.59 Å². The number of benzene rings is 1. The summed E-state index contributed by atoms with van der Waals surface area (Å²) in [6.07, 6.45) is 11.4. The van der Waals surface area contributed by atoms with Crippen molar-refractivity contribution in [2.45, 2.75) is 82.2 Å². The third-order valence-electron chi connectivity index (χ3n) is 9.28. The van der Waals surface area contributed by atoms with Crippen LogP contribution in [-0.2, 0) is 9.53 Å². The number of hydrogen-bond donors (Lipinski definition) is 0. The van der Waals surface area contributed by atoms with Crippen molar-refractivity contribution in [1.82, 2.24) is 14.7 Å². The Hall–Kier alpha value is -2.08. The van der Waals surface area contributed by atoms with Crippen molar-refractivity contribution in [3.05, 3.63) is 35.9 Å². The first-order chi connectivity index (χ1) is 17.1. The molecule has 35 heavy (non-hydrogen) atoms. The van der Waals surface area contributed by atoms with Gasteiger partial charge in [0.25, 0.3) is 0 Å². The van der Waals surface area contributed by atoms with E-state index in [0.29, 0.717) is 23.8 Å². The Bertz CT molecular complexity index is 842. The van der Waals surface area contributed by atoms with Crippen molar-refractivity contribution in [3.63, 3.8) is 0 Å². The Labute approximate surface area is 211 Å². The number of hydrogen-bond acceptors (Lipinski definition) is 4. The molecule has 1 aromatic carbocycles. The van der Waals surface area contributed by atoms with E-state index >= 15 is 0 Å². The highest BCUT2D eigenvalue weighted by atomic mass is 16.5. The molecule has 0 unspecified atom stereocenters. The Morgan fingerprint density at radius 1 is 0.914 bits per heavy atom. The van der Waals surface area contributed by atoms with Crippen LogP contribution in [0, 0.1) is 11.8 Å². The SMILES string of the molecule is COC(=O)N(CC1CCCC1)C1CCN([C@@H]2CN(C(=O)C3CCCC3)C[C@H]2c2ccccc2)CC1. The molecule has 2 saturated heterocycles. The second kappa shape index (κ2) is 11.3. The monoisotopic (exact) mass is 481 g/mol. The topological polar surface area (TPSA) is 53.1 Å². The van der Waals surface area contributed by atoms with Gasteiger partial charge >= 0.3 is 6.09 Å². The molecule has 2 aliphatic heterocycles. The summed E-state index contributed by atoms with van der Waals surface area (Å²) >= 11 is 0. The molecule has 2 saturated carbocycles. The maximum absolute atomic E-state index is 13.3. The number of amides is 2. The number of piperidine rings is 1. The summed E-state index contributed by atoms with van der Waals surface area (Å²) in [5.41, 5.74) is 1.35. The van der Waals surface area contributed by atoms with E-state index in [1.807, 2.05) is 4.90 Å². The molecule has 192 valence electrons. The Morgan fingerprint density at radius 2 is 1.57 bits per heavy atom. The van der Waals surface area contributed by atoms with E-state index in [-0.39, 0.29) is 18.1 Å². The Balaban J connectivity index is 1.26. The van der Waals surface area contributed by atoms with Crippen LogP contribution in [-0.4, -0.2) is 78.6 Å². The van der Waals surface area contributed by atoms with Crippen LogP contribution in [0.3, 0.4) is 0 Å². The van der Waals surface area contributed by atoms with Crippen LogP contribution in [0.5, 0.6) is 0 Å². The van der Waals surface area contributed by atoms with Gasteiger partial charge in [0.15, 0.2) is 0 Å². The lowest BCUT2D eigenvalue weighted by Gasteiger charge is -2.42. The van der Waals surface area contributed by atoms with Crippen molar-refractivity contribution >= 4 is 12.0 Å². The molecule has 6 heteroatoms. The highest BCUT2D eigenvalue weighted by molar-refractivity contribution is 5.79. The van der Waals surface area contributed by atoms with Gasteiger partial charge < -0.3 is 14.5 Å². The Kier molecular flexibility index (Phi) is 7.96. The third kappa shape index (κ3) is 5.52. The standard InChI is InChI=1S/C29H43N3O3/c1-35-29(34)32(19-22-9-5-6-10-22)25-15-17-30(18-16-25)27-21-31(28(33)24-13-7-8-14-24)20-26(27)23-11-3-2-4-12-23/h2-4,11-12,22,24-27H,5-10,13-21H2,1H3/t26-,27+/m0/s1. The number of likely N-dealkylation sites (tertiary alicyclic amines) is 2. The van der Waals surface area contributed by atoms with Crippen LogP contribution in [0.4, 0.5) is 4.79 Å². The smallest absolute Gasteiger partial charge is 0.409 e. The molecule has 0 radical (unpaired) electrons. The zero-order valence-corrected chi connectivity index (χ0v) is 21.4. The van der Waals surface area contributed by atoms with Crippen molar-refractivity contribution in [3.8, 4) is 0 Å². The summed E-state index contributed by atoms with van der Waals surface area (Å²) in [6, 6.07) is 11.4. The van der Waals surface area contributed by atoms with Gasteiger partial charge in [0.2, 0.25) is 5.91 Å². The van der Waals surface area contributed by atoms with Gasteiger partial charge in [-0.05, 0) is 50.0 Å². The van der Waals surface area contributed by atoms with Gasteiger partial charge in [0, 0.05) is 56.6 Å². The average Bonchev–Trinajstić information content (AvgIpc) is 3.69. The summed E-state index contributed by atoms with van der Waals surface area (Å²) in [5, 5.41) is 0. The Morgan fingerprint density at radius 3 is 2.23 bits per heavy atom. The fraction of sp³-hybridized carbons (Fsp3) is 0.724. The molecule has 4 fully saturated rings. The zero-order chi connectivity index (χ0) is 24.2. The molecule has 0 bridgehead atoms. The molecule has 5 rings (SSSR count). The molecule has 0 N–H and O–H groups in total. The minimum absolute atomic E-state index is 0.160. The first-order valence-corrected chi connectivity index (χ1v) is 14.1. The van der Waals surface area contributed by atoms with Gasteiger partial charge in [0.05, 0.1) is 7.11 Å². The summed E-state index contributed by atoms with van der Waals surface area (Å²) < 4.78 is 5.20. The van der Waals surface area contributed by atoms with Crippen molar-refractivity contribution in [2.24, 2.45) is 11.8 Å². The molecule has 1 aromatic rings. The van der Waals surface area contributed by atoms with Crippen LogP contribution in [0.25, 0.3) is 0 Å². The summed E-state index contributed by atoms with van der Waals surface area (Å²) in [6.45, 7) is 4.46. The zero-order valence-electron chi connectivity index (χ0n) is 21.4. The predicted octanol–water partition coefficient (Wildman–Crippen LogP) is 4.89. The second-order valence-electron chi connectivity index (χ2n) is 11.3. The van der Waals surface area contributed by atoms with E-state index in [4.69, 9.17) is 4.74 Å². The van der Waals surface area contributed by atoms with E-state index in [2.05, 4.69) is 40.1 Å². The number of ether oxygens (including phenoxy) is 1. The molecule has 0 aromatic heterocycles. The van der Waals surface area contributed by atoms with E-state index in [0.717, 1.165) is 58.4 Å². The molecular weight excluding hydrogens is 438 g/mol. The lowest BCUT2D eigenvalue weighted by atomic mass is 9.91. The minimum atomic E-state index is -0.160. The maximum Gasteiger partial charge on any atom is 0.409 e. The molecule has 2 heterocycles. The molecule has 2 amide bonds. The van der Waals surface area contributed by atoms with Gasteiger partial charge in [-0.1, -0.05) is 56.0 Å². The highest BCUT2D eigenvalue weighted by Gasteiger charge is 2.43. The van der Waals surface area contributed by atoms with Crippen molar-refractivity contribution in [2.75, 3.05) is 39.8 Å². The fourth-order valence-electron chi connectivity index (χ4n) is 7.29. The number of carbonyl (C=O) groups is 2. The van der Waals surface area contributed by atoms with Crippen LogP contribution in [0.1, 0.15) is 75.7 Å². The first kappa shape index (κ1) is 24.6. The molecular formula is C29H43N3O3. The quantitative estimate of drug-likeness (QED) is 0.580. The summed E-state index contributed by atoms with van der Waals surface area (Å²) in [5.74, 6) is 1.60. The van der Waals surface area contributed by atoms with E-state index in [1.165, 1.54) is 51.2 Å². The number of methoxy groups -OCH3 is 1. The fourth-order valence-corrected chi connectivity index (χ4v) is 7.29. The normalized spacial score (nSPS) is 26.9. The largest absolute Gasteiger partial charge is 0.453 e. The predicted molar refractivity (Wildman–Crippen MR) is 137 cm³/mol. The highest BCUT2D eigenvalue weighted by Crippen LogP contribution is 2.36. The number of rotatable bonds is 6. The average molecular weight is 482 g/mol. The van der Waals surface area contributed by atoms with E-state index < -0.39 is 0 Å². The van der Waals surface area contributed by atoms with Crippen LogP contribution in [0.15, 0.2) is 30.3 Å². The van der Waals surface area contributed by atoms with Crippen LogP contribution in [0.2, 0.25) is 0 Å². The number of nitrogens with zero attached hydrogens (tertiary/aromatic N) is 3. The molecule has 0 spiro atoms. The lowest BCUT2D eigenvalue weighted by molar-refractivity contribution is -0.134. The molecule has 4 aliphatic rings. The van der Waals surface area contributed by atoms with Crippen LogP contribution < -0.4 is 0 Å². The van der Waals surface area contributed by atoms with Gasteiger partial charge in [-0.25, -0.2) is 4.79 Å². The number of carbonyl (C=O) groups excluding carboxylic acids is 2. The molecule has 2 aliphatic carbocycles. The van der Waals surface area contributed by atoms with Crippen molar-refractivity contribution in [1.29, 1.82) is 0 Å². The summed E-state index contributed by atoms with van der Waals surface area (Å²) in [7, 11) is 1.51. The molecule has 6 nitrogen and oxygen atoms in total. The maximum atomic E-state index is 13.3. The minimum Gasteiger partial charge on any atom is -0.453 e. The van der Waals surface area contributed by atoms with Gasteiger partial charge in [-0.3, -0.25) is 9.69 Å². The first-order valence-electron chi connectivity index (χ1n) is 14.1. The molecule has 2 atom stereocenters. The lowest BCUT2D eigenvalue weighted by Crippen LogP contribution is -2.52.